The van der Waals surface area contributed by atoms with Gasteiger partial charge in [-0.05, 0) is 79.6 Å². The average molecular weight is 362 g/mol. The Labute approximate surface area is 157 Å². The van der Waals surface area contributed by atoms with Gasteiger partial charge in [-0.15, -0.1) is 0 Å². The normalized spacial score (nSPS) is 12.8. The van der Waals surface area contributed by atoms with Crippen molar-refractivity contribution < 1.29 is 14.4 Å². The summed E-state index contributed by atoms with van der Waals surface area (Å²) in [5.74, 6) is 0.258. The Bertz CT molecular complexity index is 1070. The van der Waals surface area contributed by atoms with Crippen LogP contribution >= 0.6 is 0 Å². The summed E-state index contributed by atoms with van der Waals surface area (Å²) < 4.78 is 5.30. The van der Waals surface area contributed by atoms with E-state index < -0.39 is 11.5 Å². The van der Waals surface area contributed by atoms with Crippen molar-refractivity contribution >= 4 is 5.91 Å². The van der Waals surface area contributed by atoms with E-state index in [4.69, 9.17) is 10.3 Å². The molecule has 2 aromatic carbocycles. The van der Waals surface area contributed by atoms with Gasteiger partial charge in [0, 0.05) is 11.1 Å². The highest BCUT2D eigenvalue weighted by molar-refractivity contribution is 6.00. The molecular weight excluding hydrogens is 340 g/mol. The van der Waals surface area contributed by atoms with Crippen LogP contribution in [-0.2, 0) is 12.0 Å². The van der Waals surface area contributed by atoms with Crippen molar-refractivity contribution in [2.45, 2.75) is 39.7 Å². The average Bonchev–Trinajstić information content (AvgIpc) is 3.12. The zero-order chi connectivity index (χ0) is 19.5. The third-order valence-corrected chi connectivity index (χ3v) is 5.31. The predicted octanol–water partition coefficient (Wildman–Crippen LogP) is 3.86. The molecule has 1 aliphatic carbocycles. The van der Waals surface area contributed by atoms with Crippen LogP contribution in [0.5, 0.6) is 0 Å². The van der Waals surface area contributed by atoms with Gasteiger partial charge in [0.05, 0.1) is 11.3 Å². The lowest BCUT2D eigenvalue weighted by Gasteiger charge is -2.18. The number of rotatable bonds is 3. The van der Waals surface area contributed by atoms with Crippen LogP contribution in [0.4, 0.5) is 0 Å². The molecule has 3 N–H and O–H groups in total. The molecule has 1 heterocycles. The summed E-state index contributed by atoms with van der Waals surface area (Å²) in [6.07, 6.45) is 0.620. The number of primary amides is 1. The van der Waals surface area contributed by atoms with Gasteiger partial charge in [0.15, 0.2) is 0 Å². The maximum atomic E-state index is 12.2. The lowest BCUT2D eigenvalue weighted by Crippen LogP contribution is -2.15. The second kappa shape index (κ2) is 5.79. The van der Waals surface area contributed by atoms with E-state index in [0.29, 0.717) is 17.7 Å². The summed E-state index contributed by atoms with van der Waals surface area (Å²) in [7, 11) is 0. The van der Waals surface area contributed by atoms with Gasteiger partial charge in [-0.1, -0.05) is 23.4 Å². The number of aryl methyl sites for hydroxylation is 2. The number of carbonyl (C=O) groups excluding carboxylic acids is 1. The van der Waals surface area contributed by atoms with Crippen molar-refractivity contribution in [3.8, 4) is 22.3 Å². The molecule has 0 aliphatic heterocycles. The number of aromatic nitrogens is 1. The Morgan fingerprint density at radius 1 is 1.19 bits per heavy atom. The number of carbonyl (C=O) groups is 1. The lowest BCUT2D eigenvalue weighted by molar-refractivity contribution is 0.0785. The molecule has 0 spiro atoms. The minimum absolute atomic E-state index is 0.449. The molecule has 138 valence electrons. The number of amides is 1. The molecule has 27 heavy (non-hydrogen) atoms. The van der Waals surface area contributed by atoms with Crippen molar-refractivity contribution in [2.24, 2.45) is 5.73 Å². The largest absolute Gasteiger partial charge is 0.386 e. The maximum absolute atomic E-state index is 12.2. The third-order valence-electron chi connectivity index (χ3n) is 5.31. The Morgan fingerprint density at radius 3 is 2.52 bits per heavy atom. The standard InChI is InChI=1S/C22H22N2O3/c1-11-20(12(2)27-24-11)14-9-17-16-6-5-15(22(3,4)26)7-13(16)8-18(17)19(10-14)21(23)25/h5-7,9-10,26H,8H2,1-4H3,(H2,23,25). The SMILES string of the molecule is Cc1noc(C)c1-c1cc(C(N)=O)c2c(c1)-c1ccc(C(C)(C)O)cc1C2. The van der Waals surface area contributed by atoms with Gasteiger partial charge in [0.2, 0.25) is 5.91 Å². The van der Waals surface area contributed by atoms with E-state index in [1.54, 1.807) is 13.8 Å². The Morgan fingerprint density at radius 2 is 1.93 bits per heavy atom. The lowest BCUT2D eigenvalue weighted by atomic mass is 9.92. The monoisotopic (exact) mass is 362 g/mol. The van der Waals surface area contributed by atoms with Crippen LogP contribution in [0.3, 0.4) is 0 Å². The smallest absolute Gasteiger partial charge is 0.249 e. The second-order valence-corrected chi connectivity index (χ2v) is 7.72. The molecular formula is C22H22N2O3. The molecule has 5 nitrogen and oxygen atoms in total. The molecule has 0 bridgehead atoms. The van der Waals surface area contributed by atoms with Crippen LogP contribution in [0.25, 0.3) is 22.3 Å². The van der Waals surface area contributed by atoms with E-state index >= 15 is 0 Å². The quantitative estimate of drug-likeness (QED) is 0.579. The van der Waals surface area contributed by atoms with E-state index in [1.807, 2.05) is 38.1 Å². The minimum atomic E-state index is -0.918. The molecule has 0 saturated heterocycles. The van der Waals surface area contributed by atoms with E-state index in [9.17, 15) is 9.90 Å². The Kier molecular flexibility index (Phi) is 3.75. The van der Waals surface area contributed by atoms with Gasteiger partial charge >= 0.3 is 0 Å². The van der Waals surface area contributed by atoms with Crippen LogP contribution in [0, 0.1) is 13.8 Å². The van der Waals surface area contributed by atoms with E-state index in [2.05, 4.69) is 11.2 Å². The zero-order valence-electron chi connectivity index (χ0n) is 15.9. The molecule has 1 aromatic heterocycles. The highest BCUT2D eigenvalue weighted by Crippen LogP contribution is 2.43. The number of hydrogen-bond acceptors (Lipinski definition) is 4. The molecule has 0 radical (unpaired) electrons. The van der Waals surface area contributed by atoms with Crippen molar-refractivity contribution in [3.05, 3.63) is 64.0 Å². The van der Waals surface area contributed by atoms with Gasteiger partial charge in [0.25, 0.3) is 0 Å². The van der Waals surface area contributed by atoms with Crippen LogP contribution < -0.4 is 5.73 Å². The molecule has 4 rings (SSSR count). The Hall–Kier alpha value is -2.92. The number of nitrogens with two attached hydrogens (primary N) is 1. The number of aliphatic hydroxyl groups is 1. The first-order valence-corrected chi connectivity index (χ1v) is 8.93. The van der Waals surface area contributed by atoms with E-state index in [0.717, 1.165) is 44.6 Å². The van der Waals surface area contributed by atoms with Gasteiger partial charge in [-0.2, -0.15) is 0 Å². The summed E-state index contributed by atoms with van der Waals surface area (Å²) in [5, 5.41) is 14.3. The molecule has 5 heteroatoms. The van der Waals surface area contributed by atoms with Gasteiger partial charge in [0.1, 0.15) is 5.76 Å². The predicted molar refractivity (Wildman–Crippen MR) is 103 cm³/mol. The molecule has 0 fully saturated rings. The fourth-order valence-electron chi connectivity index (χ4n) is 3.94. The van der Waals surface area contributed by atoms with Crippen LogP contribution in [0.1, 0.15) is 52.3 Å². The molecule has 0 saturated carbocycles. The fourth-order valence-corrected chi connectivity index (χ4v) is 3.94. The van der Waals surface area contributed by atoms with Gasteiger partial charge < -0.3 is 15.4 Å². The fraction of sp³-hybridized carbons (Fsp3) is 0.273. The highest BCUT2D eigenvalue weighted by atomic mass is 16.5. The topological polar surface area (TPSA) is 89.4 Å². The van der Waals surface area contributed by atoms with Crippen LogP contribution in [0.2, 0.25) is 0 Å². The summed E-state index contributed by atoms with van der Waals surface area (Å²) >= 11 is 0. The summed E-state index contributed by atoms with van der Waals surface area (Å²) in [6, 6.07) is 9.85. The maximum Gasteiger partial charge on any atom is 0.249 e. The van der Waals surface area contributed by atoms with Crippen molar-refractivity contribution in [1.82, 2.24) is 5.16 Å². The second-order valence-electron chi connectivity index (χ2n) is 7.72. The minimum Gasteiger partial charge on any atom is -0.386 e. The first kappa shape index (κ1) is 17.5. The van der Waals surface area contributed by atoms with E-state index in [1.165, 1.54) is 0 Å². The van der Waals surface area contributed by atoms with Crippen LogP contribution in [-0.4, -0.2) is 16.2 Å². The first-order valence-electron chi connectivity index (χ1n) is 8.93. The van der Waals surface area contributed by atoms with Crippen molar-refractivity contribution in [2.75, 3.05) is 0 Å². The van der Waals surface area contributed by atoms with Crippen molar-refractivity contribution in [3.63, 3.8) is 0 Å². The third kappa shape index (κ3) is 2.75. The number of fused-ring (bicyclic) bond motifs is 3. The van der Waals surface area contributed by atoms with Gasteiger partial charge in [-0.3, -0.25) is 4.79 Å². The highest BCUT2D eigenvalue weighted by Gasteiger charge is 2.27. The molecule has 3 aromatic rings. The number of benzene rings is 2. The molecule has 1 amide bonds. The first-order chi connectivity index (χ1) is 12.7. The summed E-state index contributed by atoms with van der Waals surface area (Å²) in [5.41, 5.74) is 12.8. The zero-order valence-corrected chi connectivity index (χ0v) is 15.9. The van der Waals surface area contributed by atoms with Crippen molar-refractivity contribution in [1.29, 1.82) is 0 Å². The van der Waals surface area contributed by atoms with E-state index in [-0.39, 0.29) is 0 Å². The summed E-state index contributed by atoms with van der Waals surface area (Å²) in [6.45, 7) is 7.27. The molecule has 0 unspecified atom stereocenters. The number of nitrogens with zero attached hydrogens (tertiary/aromatic N) is 1. The van der Waals surface area contributed by atoms with Gasteiger partial charge in [-0.25, -0.2) is 0 Å². The Balaban J connectivity index is 1.95. The molecule has 1 aliphatic rings. The molecule has 0 atom stereocenters. The summed E-state index contributed by atoms with van der Waals surface area (Å²) in [4.78, 5) is 12.2. The van der Waals surface area contributed by atoms with Crippen LogP contribution in [0.15, 0.2) is 34.9 Å². The number of hydrogen-bond donors (Lipinski definition) is 2.